The maximum Gasteiger partial charge on any atom is 0.0686 e. The highest BCUT2D eigenvalue weighted by Gasteiger charge is 2.48. The monoisotopic (exact) mass is 266 g/mol. The van der Waals surface area contributed by atoms with Crippen molar-refractivity contribution < 1.29 is 9.84 Å². The van der Waals surface area contributed by atoms with Crippen molar-refractivity contribution in [3.63, 3.8) is 0 Å². The molecule has 2 saturated carbocycles. The van der Waals surface area contributed by atoms with Gasteiger partial charge in [0.25, 0.3) is 0 Å². The summed E-state index contributed by atoms with van der Waals surface area (Å²) in [6.07, 6.45) is 10.5. The number of rotatable bonds is 1. The molecule has 1 N–H and O–H groups in total. The molecule has 0 aromatic rings. The summed E-state index contributed by atoms with van der Waals surface area (Å²) < 4.78 is 6.13. The molecule has 1 aliphatic heterocycles. The van der Waals surface area contributed by atoms with Crippen molar-refractivity contribution in [1.29, 1.82) is 0 Å². The Labute approximate surface area is 117 Å². The number of hydrogen-bond donors (Lipinski definition) is 1. The summed E-state index contributed by atoms with van der Waals surface area (Å²) in [4.78, 5) is 0. The van der Waals surface area contributed by atoms with Crippen molar-refractivity contribution in [3.8, 4) is 0 Å². The minimum atomic E-state index is -0.398. The second kappa shape index (κ2) is 5.04. The van der Waals surface area contributed by atoms with Crippen LogP contribution in [0.25, 0.3) is 0 Å². The Hall–Kier alpha value is -0.0800. The smallest absolute Gasteiger partial charge is 0.0686 e. The SMILES string of the molecule is CC1CCC(O)(C2CCOC3(CCCC3)C2)CC1C. The molecule has 3 rings (SSSR count). The molecule has 0 radical (unpaired) electrons. The van der Waals surface area contributed by atoms with Crippen LogP contribution in [-0.4, -0.2) is 22.9 Å². The summed E-state index contributed by atoms with van der Waals surface area (Å²) in [5.41, 5.74) is -0.254. The van der Waals surface area contributed by atoms with Crippen LogP contribution in [0.15, 0.2) is 0 Å². The quantitative estimate of drug-likeness (QED) is 0.779. The van der Waals surface area contributed by atoms with E-state index in [1.54, 1.807) is 0 Å². The van der Waals surface area contributed by atoms with Crippen LogP contribution in [0, 0.1) is 17.8 Å². The zero-order valence-electron chi connectivity index (χ0n) is 12.7. The molecule has 1 spiro atoms. The molecule has 19 heavy (non-hydrogen) atoms. The summed E-state index contributed by atoms with van der Waals surface area (Å²) in [5, 5.41) is 11.2. The van der Waals surface area contributed by atoms with Gasteiger partial charge < -0.3 is 9.84 Å². The van der Waals surface area contributed by atoms with E-state index in [4.69, 9.17) is 4.74 Å². The van der Waals surface area contributed by atoms with Crippen molar-refractivity contribution in [3.05, 3.63) is 0 Å². The Kier molecular flexibility index (Phi) is 3.68. The van der Waals surface area contributed by atoms with Crippen molar-refractivity contribution in [2.45, 2.75) is 82.8 Å². The Morgan fingerprint density at radius 3 is 2.37 bits per heavy atom. The van der Waals surface area contributed by atoms with E-state index in [9.17, 15) is 5.11 Å². The highest BCUT2D eigenvalue weighted by atomic mass is 16.5. The highest BCUT2D eigenvalue weighted by Crippen LogP contribution is 2.49. The van der Waals surface area contributed by atoms with Crippen LogP contribution >= 0.6 is 0 Å². The minimum Gasteiger partial charge on any atom is -0.390 e. The Morgan fingerprint density at radius 1 is 0.947 bits per heavy atom. The molecule has 3 fully saturated rings. The van der Waals surface area contributed by atoms with E-state index < -0.39 is 5.60 Å². The lowest BCUT2D eigenvalue weighted by Gasteiger charge is -2.49. The van der Waals surface area contributed by atoms with Crippen LogP contribution in [0.3, 0.4) is 0 Å². The maximum atomic E-state index is 11.2. The summed E-state index contributed by atoms with van der Waals surface area (Å²) in [6.45, 7) is 5.53. The van der Waals surface area contributed by atoms with Crippen LogP contribution < -0.4 is 0 Å². The fourth-order valence-electron chi connectivity index (χ4n) is 4.85. The largest absolute Gasteiger partial charge is 0.390 e. The van der Waals surface area contributed by atoms with Gasteiger partial charge in [0.05, 0.1) is 11.2 Å². The zero-order valence-corrected chi connectivity index (χ0v) is 12.7. The maximum absolute atomic E-state index is 11.2. The molecule has 0 aromatic heterocycles. The third-order valence-electron chi connectivity index (χ3n) is 6.45. The molecule has 0 bridgehead atoms. The molecule has 2 aliphatic carbocycles. The molecule has 110 valence electrons. The van der Waals surface area contributed by atoms with Gasteiger partial charge >= 0.3 is 0 Å². The lowest BCUT2D eigenvalue weighted by Crippen LogP contribution is -2.50. The van der Waals surface area contributed by atoms with Crippen LogP contribution in [0.1, 0.15) is 71.6 Å². The average molecular weight is 266 g/mol. The number of ether oxygens (including phenoxy) is 1. The second-order valence-corrected chi connectivity index (χ2v) is 7.73. The molecule has 1 heterocycles. The first-order valence-electron chi connectivity index (χ1n) is 8.39. The molecule has 3 aliphatic rings. The molecule has 1 saturated heterocycles. The van der Waals surface area contributed by atoms with Gasteiger partial charge in [-0.25, -0.2) is 0 Å². The predicted octanol–water partition coefficient (Wildman–Crippen LogP) is 3.91. The first-order valence-corrected chi connectivity index (χ1v) is 8.39. The van der Waals surface area contributed by atoms with Crippen molar-refractivity contribution in [2.75, 3.05) is 6.61 Å². The van der Waals surface area contributed by atoms with E-state index >= 15 is 0 Å². The third kappa shape index (κ3) is 2.58. The van der Waals surface area contributed by atoms with Crippen molar-refractivity contribution in [2.24, 2.45) is 17.8 Å². The lowest BCUT2D eigenvalue weighted by molar-refractivity contribution is -0.157. The van der Waals surface area contributed by atoms with Gasteiger partial charge in [-0.2, -0.15) is 0 Å². The number of hydrogen-bond acceptors (Lipinski definition) is 2. The summed E-state index contributed by atoms with van der Waals surface area (Å²) >= 11 is 0. The molecule has 2 heteroatoms. The van der Waals surface area contributed by atoms with Crippen molar-refractivity contribution in [1.82, 2.24) is 0 Å². The molecular formula is C17H30O2. The second-order valence-electron chi connectivity index (χ2n) is 7.73. The van der Waals surface area contributed by atoms with E-state index in [0.717, 1.165) is 38.2 Å². The zero-order chi connectivity index (χ0) is 13.5. The molecule has 4 unspecified atom stereocenters. The fourth-order valence-corrected chi connectivity index (χ4v) is 4.85. The van der Waals surface area contributed by atoms with Gasteiger partial charge in [-0.3, -0.25) is 0 Å². The summed E-state index contributed by atoms with van der Waals surface area (Å²) in [6, 6.07) is 0. The van der Waals surface area contributed by atoms with E-state index in [-0.39, 0.29) is 5.60 Å². The summed E-state index contributed by atoms with van der Waals surface area (Å²) in [5.74, 6) is 1.93. The van der Waals surface area contributed by atoms with Gasteiger partial charge in [0, 0.05) is 6.61 Å². The molecule has 0 aromatic carbocycles. The Morgan fingerprint density at radius 2 is 1.68 bits per heavy atom. The van der Waals surface area contributed by atoms with Crippen LogP contribution in [0.2, 0.25) is 0 Å². The molecule has 0 amide bonds. The fraction of sp³-hybridized carbons (Fsp3) is 1.00. The first-order chi connectivity index (χ1) is 9.03. The molecule has 2 nitrogen and oxygen atoms in total. The highest BCUT2D eigenvalue weighted by molar-refractivity contribution is 5.00. The van der Waals surface area contributed by atoms with E-state index in [2.05, 4.69) is 13.8 Å². The van der Waals surface area contributed by atoms with E-state index in [1.165, 1.54) is 32.1 Å². The standard InChI is InChI=1S/C17H30O2/c1-13-5-9-17(18,11-14(13)2)15-6-10-19-16(12-15)7-3-4-8-16/h13-15,18H,3-12H2,1-2H3. The van der Waals surface area contributed by atoms with E-state index in [1.807, 2.05) is 0 Å². The van der Waals surface area contributed by atoms with Crippen LogP contribution in [0.4, 0.5) is 0 Å². The van der Waals surface area contributed by atoms with Gasteiger partial charge in [-0.1, -0.05) is 26.7 Å². The first kappa shape index (κ1) is 13.9. The van der Waals surface area contributed by atoms with Crippen LogP contribution in [0.5, 0.6) is 0 Å². The van der Waals surface area contributed by atoms with Gasteiger partial charge in [0.1, 0.15) is 0 Å². The minimum absolute atomic E-state index is 0.144. The average Bonchev–Trinajstić information content (AvgIpc) is 2.83. The topological polar surface area (TPSA) is 29.5 Å². The summed E-state index contributed by atoms with van der Waals surface area (Å²) in [7, 11) is 0. The van der Waals surface area contributed by atoms with Gasteiger partial charge in [-0.05, 0) is 62.7 Å². The van der Waals surface area contributed by atoms with Crippen molar-refractivity contribution >= 4 is 0 Å². The van der Waals surface area contributed by atoms with Gasteiger partial charge in [-0.15, -0.1) is 0 Å². The lowest BCUT2D eigenvalue weighted by atomic mass is 9.64. The van der Waals surface area contributed by atoms with Crippen LogP contribution in [-0.2, 0) is 4.74 Å². The third-order valence-corrected chi connectivity index (χ3v) is 6.45. The van der Waals surface area contributed by atoms with Gasteiger partial charge in [0.15, 0.2) is 0 Å². The predicted molar refractivity (Wildman–Crippen MR) is 77.0 cm³/mol. The Bertz CT molecular complexity index is 321. The Balaban J connectivity index is 1.70. The number of aliphatic hydroxyl groups is 1. The molecule has 4 atom stereocenters. The van der Waals surface area contributed by atoms with E-state index in [0.29, 0.717) is 11.8 Å². The normalized spacial score (nSPS) is 46.6. The van der Waals surface area contributed by atoms with Gasteiger partial charge in [0.2, 0.25) is 0 Å². The molecular weight excluding hydrogens is 236 g/mol.